The smallest absolute Gasteiger partial charge is 0.0710 e. The van der Waals surface area contributed by atoms with Crippen molar-refractivity contribution in [1.29, 1.82) is 0 Å². The highest BCUT2D eigenvalue weighted by atomic mass is 35.5. The third-order valence-corrected chi connectivity index (χ3v) is 2.36. The molecular weight excluding hydrogens is 200 g/mol. The molecule has 1 aromatic rings. The lowest BCUT2D eigenvalue weighted by Gasteiger charge is -2.19. The number of aliphatic hydroxyl groups excluding tert-OH is 1. The maximum Gasteiger partial charge on any atom is 0.0710 e. The standard InChI is InChI=1S/C10H15ClN2O/c1-6(7(2)14)13-10-5-8(11)3-4-9(10)12/h3-7,13-14H,12H2,1-2H3. The van der Waals surface area contributed by atoms with Crippen LogP contribution in [-0.2, 0) is 0 Å². The van der Waals surface area contributed by atoms with Gasteiger partial charge in [0, 0.05) is 11.1 Å². The van der Waals surface area contributed by atoms with Gasteiger partial charge in [0.15, 0.2) is 0 Å². The van der Waals surface area contributed by atoms with Crippen molar-refractivity contribution in [2.75, 3.05) is 11.1 Å². The van der Waals surface area contributed by atoms with Crippen molar-refractivity contribution < 1.29 is 5.11 Å². The predicted octanol–water partition coefficient (Wildman–Crippen LogP) is 2.10. The van der Waals surface area contributed by atoms with Crippen molar-refractivity contribution >= 4 is 23.0 Å². The zero-order chi connectivity index (χ0) is 10.7. The summed E-state index contributed by atoms with van der Waals surface area (Å²) in [6.07, 6.45) is -0.437. The van der Waals surface area contributed by atoms with Crippen molar-refractivity contribution in [3.8, 4) is 0 Å². The second-order valence-electron chi connectivity index (χ2n) is 3.41. The van der Waals surface area contributed by atoms with Crippen LogP contribution in [0.2, 0.25) is 5.02 Å². The number of halogens is 1. The Balaban J connectivity index is 2.80. The van der Waals surface area contributed by atoms with Crippen molar-refractivity contribution in [2.24, 2.45) is 0 Å². The molecule has 0 saturated carbocycles. The van der Waals surface area contributed by atoms with Crippen LogP contribution in [0.15, 0.2) is 18.2 Å². The SMILES string of the molecule is CC(O)C(C)Nc1cc(Cl)ccc1N. The molecule has 2 atom stereocenters. The molecule has 0 bridgehead atoms. The van der Waals surface area contributed by atoms with E-state index in [4.69, 9.17) is 17.3 Å². The number of aliphatic hydroxyl groups is 1. The van der Waals surface area contributed by atoms with Crippen molar-refractivity contribution in [3.63, 3.8) is 0 Å². The van der Waals surface area contributed by atoms with E-state index in [1.54, 1.807) is 25.1 Å². The van der Waals surface area contributed by atoms with Crippen molar-refractivity contribution in [2.45, 2.75) is 26.0 Å². The molecule has 0 spiro atoms. The summed E-state index contributed by atoms with van der Waals surface area (Å²) in [7, 11) is 0. The van der Waals surface area contributed by atoms with Gasteiger partial charge in [-0.1, -0.05) is 11.6 Å². The summed E-state index contributed by atoms with van der Waals surface area (Å²) >= 11 is 5.82. The van der Waals surface area contributed by atoms with E-state index in [0.29, 0.717) is 10.7 Å². The van der Waals surface area contributed by atoms with Crippen LogP contribution < -0.4 is 11.1 Å². The summed E-state index contributed by atoms with van der Waals surface area (Å²) in [6.45, 7) is 3.60. The van der Waals surface area contributed by atoms with Crippen LogP contribution in [0.1, 0.15) is 13.8 Å². The van der Waals surface area contributed by atoms with Crippen LogP contribution in [0, 0.1) is 0 Å². The molecule has 0 radical (unpaired) electrons. The Bertz CT molecular complexity index is 315. The van der Waals surface area contributed by atoms with E-state index in [0.717, 1.165) is 5.69 Å². The number of rotatable bonds is 3. The van der Waals surface area contributed by atoms with Crippen LogP contribution in [-0.4, -0.2) is 17.3 Å². The first-order chi connectivity index (χ1) is 6.50. The molecule has 0 amide bonds. The van der Waals surface area contributed by atoms with Gasteiger partial charge in [-0.15, -0.1) is 0 Å². The average Bonchev–Trinajstić information content (AvgIpc) is 2.11. The number of nitrogen functional groups attached to an aromatic ring is 1. The Morgan fingerprint density at radius 2 is 2.07 bits per heavy atom. The van der Waals surface area contributed by atoms with Crippen LogP contribution in [0.5, 0.6) is 0 Å². The molecule has 0 saturated heterocycles. The molecule has 14 heavy (non-hydrogen) atoms. The molecule has 0 heterocycles. The molecule has 0 fully saturated rings. The van der Waals surface area contributed by atoms with E-state index in [1.165, 1.54) is 0 Å². The number of hydrogen-bond acceptors (Lipinski definition) is 3. The molecule has 4 heteroatoms. The summed E-state index contributed by atoms with van der Waals surface area (Å²) < 4.78 is 0. The van der Waals surface area contributed by atoms with E-state index in [2.05, 4.69) is 5.32 Å². The minimum atomic E-state index is -0.437. The minimum Gasteiger partial charge on any atom is -0.397 e. The zero-order valence-corrected chi connectivity index (χ0v) is 9.05. The highest BCUT2D eigenvalue weighted by molar-refractivity contribution is 6.31. The molecule has 0 aliphatic carbocycles. The van der Waals surface area contributed by atoms with Gasteiger partial charge >= 0.3 is 0 Å². The first-order valence-corrected chi connectivity index (χ1v) is 4.88. The predicted molar refractivity (Wildman–Crippen MR) is 60.6 cm³/mol. The molecular formula is C10H15ClN2O. The summed E-state index contributed by atoms with van der Waals surface area (Å²) in [6, 6.07) is 5.15. The van der Waals surface area contributed by atoms with Gasteiger partial charge in [0.25, 0.3) is 0 Å². The second kappa shape index (κ2) is 4.53. The molecule has 1 rings (SSSR count). The third kappa shape index (κ3) is 2.79. The molecule has 0 aromatic heterocycles. The summed E-state index contributed by atoms with van der Waals surface area (Å²) in [4.78, 5) is 0. The monoisotopic (exact) mass is 214 g/mol. The number of benzene rings is 1. The normalized spacial score (nSPS) is 14.9. The Hall–Kier alpha value is -0.930. The van der Waals surface area contributed by atoms with Gasteiger partial charge in [0.1, 0.15) is 0 Å². The van der Waals surface area contributed by atoms with E-state index in [9.17, 15) is 5.11 Å². The summed E-state index contributed by atoms with van der Waals surface area (Å²) in [5.74, 6) is 0. The van der Waals surface area contributed by atoms with Gasteiger partial charge < -0.3 is 16.2 Å². The lowest BCUT2D eigenvalue weighted by molar-refractivity contribution is 0.178. The van der Waals surface area contributed by atoms with Gasteiger partial charge in [-0.3, -0.25) is 0 Å². The van der Waals surface area contributed by atoms with E-state index >= 15 is 0 Å². The van der Waals surface area contributed by atoms with Gasteiger partial charge in [0.2, 0.25) is 0 Å². The molecule has 1 aromatic carbocycles. The lowest BCUT2D eigenvalue weighted by Crippen LogP contribution is -2.28. The highest BCUT2D eigenvalue weighted by Crippen LogP contribution is 2.23. The first kappa shape index (κ1) is 11.1. The lowest BCUT2D eigenvalue weighted by atomic mass is 10.2. The minimum absolute atomic E-state index is 0.0595. The van der Waals surface area contributed by atoms with Gasteiger partial charge in [0.05, 0.1) is 17.5 Å². The van der Waals surface area contributed by atoms with Crippen molar-refractivity contribution in [3.05, 3.63) is 23.2 Å². The zero-order valence-electron chi connectivity index (χ0n) is 8.29. The number of anilines is 2. The van der Waals surface area contributed by atoms with Gasteiger partial charge in [-0.25, -0.2) is 0 Å². The van der Waals surface area contributed by atoms with Crippen molar-refractivity contribution in [1.82, 2.24) is 0 Å². The fourth-order valence-electron chi connectivity index (χ4n) is 1.02. The maximum atomic E-state index is 9.31. The summed E-state index contributed by atoms with van der Waals surface area (Å²) in [5.41, 5.74) is 7.12. The number of hydrogen-bond donors (Lipinski definition) is 3. The Morgan fingerprint density at radius 1 is 1.43 bits per heavy atom. The quantitative estimate of drug-likeness (QED) is 0.676. The number of nitrogens with one attached hydrogen (secondary N) is 1. The molecule has 2 unspecified atom stereocenters. The van der Waals surface area contributed by atoms with Crippen LogP contribution in [0.3, 0.4) is 0 Å². The second-order valence-corrected chi connectivity index (χ2v) is 3.84. The molecule has 3 nitrogen and oxygen atoms in total. The van der Waals surface area contributed by atoms with E-state index in [1.807, 2.05) is 6.92 Å². The molecule has 0 aliphatic heterocycles. The fourth-order valence-corrected chi connectivity index (χ4v) is 1.19. The molecule has 4 N–H and O–H groups in total. The van der Waals surface area contributed by atoms with Crippen LogP contribution in [0.25, 0.3) is 0 Å². The Labute approximate surface area is 88.9 Å². The van der Waals surface area contributed by atoms with Crippen LogP contribution >= 0.6 is 11.6 Å². The van der Waals surface area contributed by atoms with E-state index < -0.39 is 6.10 Å². The average molecular weight is 215 g/mol. The van der Waals surface area contributed by atoms with E-state index in [-0.39, 0.29) is 6.04 Å². The highest BCUT2D eigenvalue weighted by Gasteiger charge is 2.09. The maximum absolute atomic E-state index is 9.31. The van der Waals surface area contributed by atoms with Gasteiger partial charge in [-0.2, -0.15) is 0 Å². The third-order valence-electron chi connectivity index (χ3n) is 2.12. The first-order valence-electron chi connectivity index (χ1n) is 4.50. The molecule has 0 aliphatic rings. The van der Waals surface area contributed by atoms with Gasteiger partial charge in [-0.05, 0) is 32.0 Å². The number of nitrogens with two attached hydrogens (primary N) is 1. The topological polar surface area (TPSA) is 58.3 Å². The summed E-state index contributed by atoms with van der Waals surface area (Å²) in [5, 5.41) is 13.0. The molecule has 78 valence electrons. The fraction of sp³-hybridized carbons (Fsp3) is 0.400. The Morgan fingerprint density at radius 3 is 2.64 bits per heavy atom. The largest absolute Gasteiger partial charge is 0.397 e. The van der Waals surface area contributed by atoms with Crippen LogP contribution in [0.4, 0.5) is 11.4 Å². The Kier molecular flexibility index (Phi) is 3.61.